The summed E-state index contributed by atoms with van der Waals surface area (Å²) in [5.74, 6) is -0.716. The van der Waals surface area contributed by atoms with Gasteiger partial charge in [-0.2, -0.15) is 0 Å². The van der Waals surface area contributed by atoms with E-state index in [0.717, 1.165) is 43.5 Å². The fourth-order valence-corrected chi connectivity index (χ4v) is 6.89. The second-order valence-corrected chi connectivity index (χ2v) is 11.0. The van der Waals surface area contributed by atoms with Crippen LogP contribution in [0, 0.1) is 0 Å². The summed E-state index contributed by atoms with van der Waals surface area (Å²) in [7, 11) is 0. The van der Waals surface area contributed by atoms with E-state index in [1.165, 1.54) is 51.9 Å². The maximum absolute atomic E-state index is 13.0. The molecule has 2 N–H and O–H groups in total. The molecule has 0 bridgehead atoms. The fourth-order valence-electron chi connectivity index (χ4n) is 6.89. The number of nitrogens with one attached hydrogen (secondary N) is 2. The van der Waals surface area contributed by atoms with Gasteiger partial charge in [0.1, 0.15) is 6.04 Å². The number of anilines is 1. The van der Waals surface area contributed by atoms with Crippen LogP contribution in [0.15, 0.2) is 18.2 Å². The maximum Gasteiger partial charge on any atom is 0.255 e. The third-order valence-electron chi connectivity index (χ3n) is 9.03. The number of fused-ring (bicyclic) bond motifs is 1. The van der Waals surface area contributed by atoms with Crippen molar-refractivity contribution in [3.8, 4) is 0 Å². The lowest BCUT2D eigenvalue weighted by Gasteiger charge is -2.45. The monoisotopic (exact) mass is 494 g/mol. The molecule has 1 atom stereocenters. The molecule has 0 aliphatic carbocycles. The van der Waals surface area contributed by atoms with E-state index in [1.54, 1.807) is 4.90 Å². The summed E-state index contributed by atoms with van der Waals surface area (Å²) in [6.45, 7) is 9.39. The lowest BCUT2D eigenvalue weighted by Crippen LogP contribution is -2.55. The smallest absolute Gasteiger partial charge is 0.255 e. The molecule has 9 nitrogen and oxygen atoms in total. The van der Waals surface area contributed by atoms with E-state index in [4.69, 9.17) is 0 Å². The van der Waals surface area contributed by atoms with Crippen molar-refractivity contribution in [1.82, 2.24) is 25.3 Å². The lowest BCUT2D eigenvalue weighted by molar-refractivity contribution is -0.136. The van der Waals surface area contributed by atoms with Gasteiger partial charge in [-0.1, -0.05) is 0 Å². The van der Waals surface area contributed by atoms with Crippen molar-refractivity contribution in [2.45, 2.75) is 63.2 Å². The second kappa shape index (κ2) is 10.1. The first-order chi connectivity index (χ1) is 17.6. The van der Waals surface area contributed by atoms with Crippen LogP contribution in [-0.2, 0) is 16.1 Å². The van der Waals surface area contributed by atoms with E-state index in [2.05, 4.69) is 37.5 Å². The quantitative estimate of drug-likeness (QED) is 0.599. The van der Waals surface area contributed by atoms with E-state index >= 15 is 0 Å². The predicted molar refractivity (Wildman–Crippen MR) is 137 cm³/mol. The van der Waals surface area contributed by atoms with Crippen molar-refractivity contribution in [2.24, 2.45) is 0 Å². The third-order valence-corrected chi connectivity index (χ3v) is 9.03. The van der Waals surface area contributed by atoms with Gasteiger partial charge in [0.2, 0.25) is 11.8 Å². The van der Waals surface area contributed by atoms with E-state index in [0.29, 0.717) is 24.6 Å². The molecular formula is C27H38N6O3. The number of benzene rings is 1. The molecule has 5 aliphatic heterocycles. The number of piperidine rings is 3. The van der Waals surface area contributed by atoms with Crippen LogP contribution >= 0.6 is 0 Å². The molecule has 0 aromatic heterocycles. The van der Waals surface area contributed by atoms with E-state index in [-0.39, 0.29) is 24.1 Å². The Kier molecular flexibility index (Phi) is 6.71. The number of likely N-dealkylation sites (tertiary alicyclic amines) is 1. The summed E-state index contributed by atoms with van der Waals surface area (Å²) >= 11 is 0. The Morgan fingerprint density at radius 2 is 1.47 bits per heavy atom. The molecule has 1 aromatic carbocycles. The number of hydrogen-bond donors (Lipinski definition) is 2. The Hall–Kier alpha value is -2.49. The zero-order valence-corrected chi connectivity index (χ0v) is 21.1. The van der Waals surface area contributed by atoms with E-state index in [9.17, 15) is 14.4 Å². The van der Waals surface area contributed by atoms with Crippen LogP contribution in [0.1, 0.15) is 54.4 Å². The highest BCUT2D eigenvalue weighted by molar-refractivity contribution is 6.05. The molecule has 0 radical (unpaired) electrons. The topological polar surface area (TPSA) is 88.2 Å². The normalized spacial score (nSPS) is 27.4. The van der Waals surface area contributed by atoms with Gasteiger partial charge in [0.15, 0.2) is 0 Å². The molecular weight excluding hydrogens is 456 g/mol. The molecule has 194 valence electrons. The minimum Gasteiger partial charge on any atom is -0.369 e. The van der Waals surface area contributed by atoms with E-state index < -0.39 is 6.04 Å². The number of nitrogens with zero attached hydrogens (tertiary/aromatic N) is 4. The van der Waals surface area contributed by atoms with Crippen LogP contribution in [0.3, 0.4) is 0 Å². The summed E-state index contributed by atoms with van der Waals surface area (Å²) in [4.78, 5) is 46.3. The van der Waals surface area contributed by atoms with Gasteiger partial charge in [0.05, 0.1) is 0 Å². The first-order valence-electron chi connectivity index (χ1n) is 13.8. The van der Waals surface area contributed by atoms with Crippen molar-refractivity contribution in [2.75, 3.05) is 57.3 Å². The van der Waals surface area contributed by atoms with Crippen LogP contribution in [0.2, 0.25) is 0 Å². The average Bonchev–Trinajstić information content (AvgIpc) is 3.24. The molecule has 6 rings (SSSR count). The summed E-state index contributed by atoms with van der Waals surface area (Å²) in [5.41, 5.74) is 2.82. The number of imide groups is 1. The molecule has 4 saturated heterocycles. The Labute approximate surface area is 213 Å². The van der Waals surface area contributed by atoms with Gasteiger partial charge < -0.3 is 20.0 Å². The predicted octanol–water partition coefficient (Wildman–Crippen LogP) is 0.786. The number of rotatable bonds is 4. The van der Waals surface area contributed by atoms with Crippen LogP contribution in [0.5, 0.6) is 0 Å². The van der Waals surface area contributed by atoms with Gasteiger partial charge >= 0.3 is 0 Å². The highest BCUT2D eigenvalue weighted by atomic mass is 16.2. The van der Waals surface area contributed by atoms with Crippen molar-refractivity contribution in [1.29, 1.82) is 0 Å². The molecule has 0 unspecified atom stereocenters. The highest BCUT2D eigenvalue weighted by Crippen LogP contribution is 2.31. The van der Waals surface area contributed by atoms with Gasteiger partial charge in [-0.25, -0.2) is 0 Å². The van der Waals surface area contributed by atoms with Crippen molar-refractivity contribution in [3.63, 3.8) is 0 Å². The first kappa shape index (κ1) is 23.9. The van der Waals surface area contributed by atoms with Crippen LogP contribution < -0.4 is 15.5 Å². The summed E-state index contributed by atoms with van der Waals surface area (Å²) < 4.78 is 0. The number of carbonyl (C=O) groups excluding carboxylic acids is 3. The Bertz CT molecular complexity index is 1010. The molecule has 5 heterocycles. The zero-order valence-electron chi connectivity index (χ0n) is 21.1. The first-order valence-corrected chi connectivity index (χ1v) is 13.8. The number of carbonyl (C=O) groups is 3. The van der Waals surface area contributed by atoms with Gasteiger partial charge in [-0.15, -0.1) is 0 Å². The minimum atomic E-state index is -0.559. The van der Waals surface area contributed by atoms with Crippen molar-refractivity contribution >= 4 is 23.4 Å². The molecule has 5 aliphatic rings. The highest BCUT2D eigenvalue weighted by Gasteiger charge is 2.39. The minimum absolute atomic E-state index is 0.105. The second-order valence-electron chi connectivity index (χ2n) is 11.0. The van der Waals surface area contributed by atoms with Crippen molar-refractivity contribution in [3.05, 3.63) is 29.3 Å². The zero-order chi connectivity index (χ0) is 24.6. The number of hydrogen-bond acceptors (Lipinski definition) is 7. The maximum atomic E-state index is 13.0. The van der Waals surface area contributed by atoms with Gasteiger partial charge in [0, 0.05) is 62.5 Å². The Morgan fingerprint density at radius 1 is 0.778 bits per heavy atom. The molecule has 9 heteroatoms. The summed E-state index contributed by atoms with van der Waals surface area (Å²) in [6, 6.07) is 7.02. The molecule has 3 amide bonds. The summed E-state index contributed by atoms with van der Waals surface area (Å²) in [5, 5.41) is 5.86. The van der Waals surface area contributed by atoms with Crippen LogP contribution in [0.25, 0.3) is 0 Å². The van der Waals surface area contributed by atoms with E-state index in [1.807, 2.05) is 6.07 Å². The molecule has 1 aromatic rings. The summed E-state index contributed by atoms with van der Waals surface area (Å²) in [6.07, 6.45) is 5.82. The van der Waals surface area contributed by atoms with Gasteiger partial charge in [-0.05, 0) is 82.0 Å². The average molecular weight is 495 g/mol. The largest absolute Gasteiger partial charge is 0.369 e. The SMILES string of the molecule is O=C1CC[C@H](N2Cc3cc(N4CCN(C5CCN(C6CCNCC6)CC5)CC4)ccc3C2=O)C(=O)N1. The standard InChI is InChI=1S/C27H38N6O3/c34-25-4-3-24(26(35)29-25)33-18-19-17-22(1-2-23(19)27(33)36)32-15-13-31(14-16-32)21-7-11-30(12-8-21)20-5-9-28-10-6-20/h1-2,17,20-21,24,28H,3-16,18H2,(H,29,34,35)/t24-/m0/s1. The molecule has 4 fully saturated rings. The van der Waals surface area contributed by atoms with Crippen LogP contribution in [-0.4, -0.2) is 103 Å². The molecule has 0 saturated carbocycles. The van der Waals surface area contributed by atoms with Gasteiger partial charge in [0.25, 0.3) is 5.91 Å². The Morgan fingerprint density at radius 3 is 2.19 bits per heavy atom. The number of piperazine rings is 1. The van der Waals surface area contributed by atoms with Gasteiger partial charge in [-0.3, -0.25) is 24.6 Å². The third kappa shape index (κ3) is 4.64. The van der Waals surface area contributed by atoms with Crippen LogP contribution in [0.4, 0.5) is 5.69 Å². The molecule has 0 spiro atoms. The number of amides is 3. The Balaban J connectivity index is 1.03. The lowest BCUT2D eigenvalue weighted by atomic mass is 9.97. The van der Waals surface area contributed by atoms with Crippen molar-refractivity contribution < 1.29 is 14.4 Å². The fraction of sp³-hybridized carbons (Fsp3) is 0.667. The molecule has 36 heavy (non-hydrogen) atoms.